The first-order valence-electron chi connectivity index (χ1n) is 8.40. The van der Waals surface area contributed by atoms with Gasteiger partial charge in [0.2, 0.25) is 0 Å². The van der Waals surface area contributed by atoms with Crippen LogP contribution in [-0.4, -0.2) is 58.6 Å². The number of hydrogen-bond acceptors (Lipinski definition) is 3. The van der Waals surface area contributed by atoms with Crippen LogP contribution < -0.4 is 0 Å². The third-order valence-corrected chi connectivity index (χ3v) is 5.16. The van der Waals surface area contributed by atoms with Crippen LogP contribution >= 0.6 is 0 Å². The lowest BCUT2D eigenvalue weighted by Crippen LogP contribution is -2.50. The predicted molar refractivity (Wildman–Crippen MR) is 80.9 cm³/mol. The molecule has 116 valence electrons. The molecule has 2 fully saturated rings. The molecule has 1 N–H and O–H groups in total. The molecule has 0 amide bonds. The van der Waals surface area contributed by atoms with E-state index >= 15 is 0 Å². The quantitative estimate of drug-likeness (QED) is 0.813. The summed E-state index contributed by atoms with van der Waals surface area (Å²) in [6.45, 7) is 7.82. The highest BCUT2D eigenvalue weighted by atomic mass is 16.4. The number of likely N-dealkylation sites (tertiary alicyclic amines) is 2. The fourth-order valence-electron chi connectivity index (χ4n) is 4.05. The zero-order valence-electron chi connectivity index (χ0n) is 13.1. The van der Waals surface area contributed by atoms with Crippen LogP contribution in [0.2, 0.25) is 0 Å². The van der Waals surface area contributed by atoms with E-state index in [0.29, 0.717) is 6.04 Å². The van der Waals surface area contributed by atoms with E-state index in [1.54, 1.807) is 0 Å². The van der Waals surface area contributed by atoms with Crippen LogP contribution in [0.4, 0.5) is 0 Å². The van der Waals surface area contributed by atoms with Crippen molar-refractivity contribution in [1.82, 2.24) is 9.80 Å². The average Bonchev–Trinajstić information content (AvgIpc) is 2.94. The topological polar surface area (TPSA) is 43.8 Å². The summed E-state index contributed by atoms with van der Waals surface area (Å²) in [4.78, 5) is 16.2. The maximum absolute atomic E-state index is 11.3. The van der Waals surface area contributed by atoms with Gasteiger partial charge in [0, 0.05) is 12.1 Å². The number of rotatable bonds is 6. The van der Waals surface area contributed by atoms with E-state index in [4.69, 9.17) is 0 Å². The van der Waals surface area contributed by atoms with Crippen LogP contribution in [-0.2, 0) is 4.79 Å². The van der Waals surface area contributed by atoms with Gasteiger partial charge in [0.25, 0.3) is 0 Å². The van der Waals surface area contributed by atoms with E-state index in [2.05, 4.69) is 23.6 Å². The summed E-state index contributed by atoms with van der Waals surface area (Å²) in [6.07, 6.45) is 7.95. The second-order valence-electron chi connectivity index (χ2n) is 6.35. The molecule has 2 heterocycles. The van der Waals surface area contributed by atoms with E-state index in [-0.39, 0.29) is 6.04 Å². The minimum absolute atomic E-state index is 0.218. The van der Waals surface area contributed by atoms with Crippen LogP contribution in [0.25, 0.3) is 0 Å². The van der Waals surface area contributed by atoms with Crippen LogP contribution in [0.3, 0.4) is 0 Å². The minimum Gasteiger partial charge on any atom is -0.480 e. The Kier molecular flexibility index (Phi) is 5.85. The van der Waals surface area contributed by atoms with Gasteiger partial charge in [0.15, 0.2) is 0 Å². The van der Waals surface area contributed by atoms with Gasteiger partial charge in [-0.2, -0.15) is 0 Å². The lowest BCUT2D eigenvalue weighted by molar-refractivity contribution is -0.143. The fraction of sp³-hybridized carbons (Fsp3) is 0.938. The van der Waals surface area contributed by atoms with Gasteiger partial charge in [-0.1, -0.05) is 20.3 Å². The second-order valence-corrected chi connectivity index (χ2v) is 6.35. The minimum atomic E-state index is -0.623. The lowest BCUT2D eigenvalue weighted by atomic mass is 9.98. The average molecular weight is 282 g/mol. The first-order valence-corrected chi connectivity index (χ1v) is 8.40. The molecule has 2 saturated heterocycles. The molecule has 0 aromatic rings. The molecule has 0 saturated carbocycles. The first kappa shape index (κ1) is 15.8. The van der Waals surface area contributed by atoms with Crippen molar-refractivity contribution in [2.45, 2.75) is 76.9 Å². The molecule has 2 unspecified atom stereocenters. The summed E-state index contributed by atoms with van der Waals surface area (Å²) in [7, 11) is 0. The molecule has 2 aliphatic heterocycles. The van der Waals surface area contributed by atoms with E-state index in [1.807, 2.05) is 0 Å². The third-order valence-electron chi connectivity index (χ3n) is 5.16. The number of carbonyl (C=O) groups is 1. The lowest BCUT2D eigenvalue weighted by Gasteiger charge is -2.41. The molecular formula is C16H30N2O2. The number of aliphatic carboxylic acids is 1. The highest BCUT2D eigenvalue weighted by Gasteiger charge is 2.37. The second kappa shape index (κ2) is 7.41. The number of hydrogen-bond donors (Lipinski definition) is 1. The van der Waals surface area contributed by atoms with Crippen molar-refractivity contribution in [3.05, 3.63) is 0 Å². The van der Waals surface area contributed by atoms with Crippen LogP contribution in [0.1, 0.15) is 58.8 Å². The summed E-state index contributed by atoms with van der Waals surface area (Å²) < 4.78 is 0. The van der Waals surface area contributed by atoms with Crippen molar-refractivity contribution in [2.75, 3.05) is 19.6 Å². The van der Waals surface area contributed by atoms with E-state index in [9.17, 15) is 9.90 Å². The molecular weight excluding hydrogens is 252 g/mol. The molecule has 0 radical (unpaired) electrons. The van der Waals surface area contributed by atoms with Crippen molar-refractivity contribution in [1.29, 1.82) is 0 Å². The summed E-state index contributed by atoms with van der Waals surface area (Å²) >= 11 is 0. The molecule has 2 rings (SSSR count). The van der Waals surface area contributed by atoms with Crippen molar-refractivity contribution in [2.24, 2.45) is 0 Å². The van der Waals surface area contributed by atoms with Gasteiger partial charge in [-0.15, -0.1) is 0 Å². The Morgan fingerprint density at radius 3 is 2.45 bits per heavy atom. The van der Waals surface area contributed by atoms with Gasteiger partial charge in [-0.05, 0) is 58.2 Å². The number of nitrogens with zero attached hydrogens (tertiary/aromatic N) is 2. The van der Waals surface area contributed by atoms with Crippen molar-refractivity contribution in [3.8, 4) is 0 Å². The molecule has 2 atom stereocenters. The van der Waals surface area contributed by atoms with E-state index in [1.165, 1.54) is 19.3 Å². The normalized spacial score (nSPS) is 27.8. The summed E-state index contributed by atoms with van der Waals surface area (Å²) in [5, 5.41) is 9.31. The number of piperidine rings is 1. The standard InChI is InChI=1S/C16H30N2O2/c1-3-6-13(4-2)17-11-8-14(9-12-17)18-10-5-7-15(18)16(19)20/h13-15H,3-12H2,1-2H3,(H,19,20). The number of carboxylic acid groups (broad SMARTS) is 1. The van der Waals surface area contributed by atoms with Crippen LogP contribution in [0.15, 0.2) is 0 Å². The summed E-state index contributed by atoms with van der Waals surface area (Å²) in [5.74, 6) is -0.623. The molecule has 20 heavy (non-hydrogen) atoms. The molecule has 0 aromatic carbocycles. The fourth-order valence-corrected chi connectivity index (χ4v) is 4.05. The summed E-state index contributed by atoms with van der Waals surface area (Å²) in [5.41, 5.74) is 0. The highest BCUT2D eigenvalue weighted by Crippen LogP contribution is 2.27. The highest BCUT2D eigenvalue weighted by molar-refractivity contribution is 5.73. The summed E-state index contributed by atoms with van der Waals surface area (Å²) in [6, 6.07) is 1.01. The predicted octanol–water partition coefficient (Wildman–Crippen LogP) is 2.58. The van der Waals surface area contributed by atoms with Crippen molar-refractivity contribution >= 4 is 5.97 Å². The van der Waals surface area contributed by atoms with Gasteiger partial charge in [-0.25, -0.2) is 0 Å². The van der Waals surface area contributed by atoms with Crippen LogP contribution in [0, 0.1) is 0 Å². The molecule has 2 aliphatic rings. The molecule has 0 spiro atoms. The van der Waals surface area contributed by atoms with Gasteiger partial charge >= 0.3 is 5.97 Å². The zero-order chi connectivity index (χ0) is 14.5. The van der Waals surface area contributed by atoms with Gasteiger partial charge < -0.3 is 10.0 Å². The largest absolute Gasteiger partial charge is 0.480 e. The molecule has 0 aromatic heterocycles. The van der Waals surface area contributed by atoms with Crippen molar-refractivity contribution in [3.63, 3.8) is 0 Å². The van der Waals surface area contributed by atoms with Crippen LogP contribution in [0.5, 0.6) is 0 Å². The maximum Gasteiger partial charge on any atom is 0.320 e. The zero-order valence-corrected chi connectivity index (χ0v) is 13.1. The Morgan fingerprint density at radius 2 is 1.90 bits per heavy atom. The Labute approximate surface area is 123 Å². The monoisotopic (exact) mass is 282 g/mol. The first-order chi connectivity index (χ1) is 9.67. The Morgan fingerprint density at radius 1 is 1.20 bits per heavy atom. The molecule has 4 heteroatoms. The smallest absolute Gasteiger partial charge is 0.320 e. The third kappa shape index (κ3) is 3.53. The molecule has 4 nitrogen and oxygen atoms in total. The van der Waals surface area contributed by atoms with Gasteiger partial charge in [0.1, 0.15) is 6.04 Å². The number of carboxylic acids is 1. The van der Waals surface area contributed by atoms with E-state index < -0.39 is 5.97 Å². The Bertz CT molecular complexity index is 314. The van der Waals surface area contributed by atoms with Crippen molar-refractivity contribution < 1.29 is 9.90 Å². The van der Waals surface area contributed by atoms with E-state index in [0.717, 1.165) is 51.4 Å². The van der Waals surface area contributed by atoms with Gasteiger partial charge in [0.05, 0.1) is 0 Å². The SMILES string of the molecule is CCCC(CC)N1CCC(N2CCCC2C(=O)O)CC1. The molecule has 0 bridgehead atoms. The molecule has 0 aliphatic carbocycles. The maximum atomic E-state index is 11.3. The Hall–Kier alpha value is -0.610. The Balaban J connectivity index is 1.86. The van der Waals surface area contributed by atoms with Gasteiger partial charge in [-0.3, -0.25) is 9.69 Å².